The predicted octanol–water partition coefficient (Wildman–Crippen LogP) is 1.48. The molecule has 1 saturated heterocycles. The van der Waals surface area contributed by atoms with Gasteiger partial charge in [0.25, 0.3) is 5.91 Å². The van der Waals surface area contributed by atoms with E-state index in [1.807, 2.05) is 32.1 Å². The van der Waals surface area contributed by atoms with Crippen molar-refractivity contribution >= 4 is 17.7 Å². The van der Waals surface area contributed by atoms with Gasteiger partial charge >= 0.3 is 0 Å². The minimum atomic E-state index is -0.612. The Bertz CT molecular complexity index is 854. The van der Waals surface area contributed by atoms with E-state index in [4.69, 9.17) is 4.74 Å². The summed E-state index contributed by atoms with van der Waals surface area (Å²) in [4.78, 5) is 40.1. The fraction of sp³-hybridized carbons (Fsp3) is 0.542. The van der Waals surface area contributed by atoms with E-state index >= 15 is 0 Å². The van der Waals surface area contributed by atoms with Crippen molar-refractivity contribution in [2.24, 2.45) is 5.41 Å². The smallest absolute Gasteiger partial charge is 0.255 e. The zero-order valence-electron chi connectivity index (χ0n) is 19.0. The van der Waals surface area contributed by atoms with Crippen LogP contribution in [-0.4, -0.2) is 68.0 Å². The maximum absolute atomic E-state index is 13.2. The number of rotatable bonds is 3. The molecule has 2 aliphatic heterocycles. The number of hydrogen-bond acceptors (Lipinski definition) is 5. The van der Waals surface area contributed by atoms with Gasteiger partial charge in [-0.2, -0.15) is 0 Å². The molecule has 8 heteroatoms. The number of fused-ring (bicyclic) bond motifs is 1. The standard InChI is InChI=1S/C24H34N4O4/c1-18(2)27-21(29)16-28-14-7-11-24(17-28)10-5-6-15-32-20-9-4-3-8-19(20)22(30)25-12-13-26-23(24)31/h3-6,8-9,18H,7,10-17H2,1-2H3,(H,25,30)(H,26,31)(H,27,29)/b6-5-. The number of benzene rings is 1. The number of allylic oxidation sites excluding steroid dienone is 1. The summed E-state index contributed by atoms with van der Waals surface area (Å²) in [7, 11) is 0. The van der Waals surface area contributed by atoms with E-state index < -0.39 is 5.41 Å². The average molecular weight is 443 g/mol. The SMILES string of the molecule is CC(C)NC(=O)CN1CCCC2(C/C=C\COc3ccccc3C(=O)NCCNC2=O)C1. The molecule has 3 N–H and O–H groups in total. The Morgan fingerprint density at radius 1 is 1.19 bits per heavy atom. The lowest BCUT2D eigenvalue weighted by atomic mass is 9.76. The van der Waals surface area contributed by atoms with Gasteiger partial charge in [0.15, 0.2) is 0 Å². The van der Waals surface area contributed by atoms with Gasteiger partial charge in [-0.3, -0.25) is 19.3 Å². The molecule has 0 bridgehead atoms. The van der Waals surface area contributed by atoms with Crippen molar-refractivity contribution in [3.8, 4) is 5.75 Å². The molecule has 174 valence electrons. The molecule has 2 heterocycles. The van der Waals surface area contributed by atoms with Gasteiger partial charge in [-0.05, 0) is 51.8 Å². The number of piperidine rings is 1. The molecular weight excluding hydrogens is 408 g/mol. The number of likely N-dealkylation sites (tertiary alicyclic amines) is 1. The Morgan fingerprint density at radius 3 is 2.78 bits per heavy atom. The third kappa shape index (κ3) is 6.32. The molecule has 1 aromatic rings. The highest BCUT2D eigenvalue weighted by atomic mass is 16.5. The quantitative estimate of drug-likeness (QED) is 0.616. The lowest BCUT2D eigenvalue weighted by molar-refractivity contribution is -0.136. The first-order chi connectivity index (χ1) is 15.4. The van der Waals surface area contributed by atoms with Crippen LogP contribution in [0.2, 0.25) is 0 Å². The van der Waals surface area contributed by atoms with E-state index in [0.29, 0.717) is 44.0 Å². The number of para-hydroxylation sites is 1. The van der Waals surface area contributed by atoms with E-state index in [2.05, 4.69) is 20.9 Å². The van der Waals surface area contributed by atoms with Gasteiger partial charge in [-0.15, -0.1) is 0 Å². The van der Waals surface area contributed by atoms with Crippen molar-refractivity contribution in [2.45, 2.75) is 39.2 Å². The summed E-state index contributed by atoms with van der Waals surface area (Å²) in [5.74, 6) is 0.239. The zero-order chi connectivity index (χ0) is 23.0. The Kier molecular flexibility index (Phi) is 8.27. The molecule has 32 heavy (non-hydrogen) atoms. The summed E-state index contributed by atoms with van der Waals surface area (Å²) in [5, 5.41) is 8.77. The summed E-state index contributed by atoms with van der Waals surface area (Å²) < 4.78 is 5.80. The highest BCUT2D eigenvalue weighted by Crippen LogP contribution is 2.34. The van der Waals surface area contributed by atoms with Crippen LogP contribution in [0.15, 0.2) is 36.4 Å². The summed E-state index contributed by atoms with van der Waals surface area (Å²) in [5.41, 5.74) is -0.137. The molecule has 0 saturated carbocycles. The van der Waals surface area contributed by atoms with Crippen LogP contribution >= 0.6 is 0 Å². The van der Waals surface area contributed by atoms with Crippen LogP contribution in [-0.2, 0) is 9.59 Å². The molecule has 1 spiro atoms. The second-order valence-electron chi connectivity index (χ2n) is 8.81. The first kappa shape index (κ1) is 23.8. The second kappa shape index (κ2) is 11.1. The Labute approximate surface area is 189 Å². The minimum Gasteiger partial charge on any atom is -0.489 e. The summed E-state index contributed by atoms with van der Waals surface area (Å²) in [6.45, 7) is 6.44. The Balaban J connectivity index is 1.73. The van der Waals surface area contributed by atoms with Gasteiger partial charge in [0, 0.05) is 25.7 Å². The summed E-state index contributed by atoms with van der Waals surface area (Å²) in [6.07, 6.45) is 6.03. The van der Waals surface area contributed by atoms with Crippen LogP contribution in [0.1, 0.15) is 43.5 Å². The largest absolute Gasteiger partial charge is 0.489 e. The van der Waals surface area contributed by atoms with Crippen LogP contribution in [0, 0.1) is 5.41 Å². The molecule has 8 nitrogen and oxygen atoms in total. The minimum absolute atomic E-state index is 0.0244. The van der Waals surface area contributed by atoms with Gasteiger partial charge in [0.1, 0.15) is 12.4 Å². The maximum atomic E-state index is 13.2. The lowest BCUT2D eigenvalue weighted by Crippen LogP contribution is -2.54. The second-order valence-corrected chi connectivity index (χ2v) is 8.81. The van der Waals surface area contributed by atoms with Gasteiger partial charge < -0.3 is 20.7 Å². The molecule has 0 aromatic heterocycles. The van der Waals surface area contributed by atoms with Gasteiger partial charge in [0.05, 0.1) is 17.5 Å². The fourth-order valence-corrected chi connectivity index (χ4v) is 4.31. The molecule has 1 fully saturated rings. The third-order valence-electron chi connectivity index (χ3n) is 5.79. The van der Waals surface area contributed by atoms with E-state index in [1.165, 1.54) is 0 Å². The fourth-order valence-electron chi connectivity index (χ4n) is 4.31. The first-order valence-electron chi connectivity index (χ1n) is 11.3. The van der Waals surface area contributed by atoms with Crippen molar-refractivity contribution in [2.75, 3.05) is 39.3 Å². The van der Waals surface area contributed by atoms with E-state index in [9.17, 15) is 14.4 Å². The molecule has 1 unspecified atom stereocenters. The molecule has 3 rings (SSSR count). The predicted molar refractivity (Wildman–Crippen MR) is 122 cm³/mol. The molecule has 3 amide bonds. The summed E-state index contributed by atoms with van der Waals surface area (Å²) in [6, 6.07) is 7.21. The van der Waals surface area contributed by atoms with Crippen LogP contribution in [0.5, 0.6) is 5.75 Å². The molecule has 1 atom stereocenters. The van der Waals surface area contributed by atoms with Crippen molar-refractivity contribution in [3.05, 3.63) is 42.0 Å². The monoisotopic (exact) mass is 442 g/mol. The van der Waals surface area contributed by atoms with Crippen LogP contribution in [0.4, 0.5) is 0 Å². The number of hydrogen-bond donors (Lipinski definition) is 3. The van der Waals surface area contributed by atoms with E-state index in [0.717, 1.165) is 19.4 Å². The number of nitrogens with one attached hydrogen (secondary N) is 3. The van der Waals surface area contributed by atoms with E-state index in [-0.39, 0.29) is 30.3 Å². The van der Waals surface area contributed by atoms with Crippen molar-refractivity contribution < 1.29 is 19.1 Å². The first-order valence-corrected chi connectivity index (χ1v) is 11.3. The number of ether oxygens (including phenoxy) is 1. The molecule has 2 aliphatic rings. The van der Waals surface area contributed by atoms with Gasteiger partial charge in [-0.25, -0.2) is 0 Å². The molecule has 0 radical (unpaired) electrons. The third-order valence-corrected chi connectivity index (χ3v) is 5.79. The Hall–Kier alpha value is -2.87. The molecule has 1 aromatic carbocycles. The van der Waals surface area contributed by atoms with Gasteiger partial charge in [0.2, 0.25) is 11.8 Å². The molecular formula is C24H34N4O4. The van der Waals surface area contributed by atoms with Crippen LogP contribution in [0.3, 0.4) is 0 Å². The highest BCUT2D eigenvalue weighted by molar-refractivity contribution is 5.97. The zero-order valence-corrected chi connectivity index (χ0v) is 19.0. The average Bonchev–Trinajstić information content (AvgIpc) is 2.75. The van der Waals surface area contributed by atoms with Gasteiger partial charge in [-0.1, -0.05) is 24.3 Å². The highest BCUT2D eigenvalue weighted by Gasteiger charge is 2.41. The van der Waals surface area contributed by atoms with Crippen molar-refractivity contribution in [1.82, 2.24) is 20.9 Å². The number of amides is 3. The van der Waals surface area contributed by atoms with Crippen molar-refractivity contribution in [1.29, 1.82) is 0 Å². The van der Waals surface area contributed by atoms with Crippen LogP contribution in [0.25, 0.3) is 0 Å². The lowest BCUT2D eigenvalue weighted by Gasteiger charge is -2.41. The Morgan fingerprint density at radius 2 is 1.97 bits per heavy atom. The van der Waals surface area contributed by atoms with Crippen molar-refractivity contribution in [3.63, 3.8) is 0 Å². The maximum Gasteiger partial charge on any atom is 0.255 e. The van der Waals surface area contributed by atoms with E-state index in [1.54, 1.807) is 18.2 Å². The number of nitrogens with zero attached hydrogens (tertiary/aromatic N) is 1. The van der Waals surface area contributed by atoms with Crippen LogP contribution < -0.4 is 20.7 Å². The normalized spacial score (nSPS) is 24.0. The topological polar surface area (TPSA) is 99.8 Å². The number of carbonyl (C=O) groups excluding carboxylic acids is 3. The molecule has 0 aliphatic carbocycles. The number of carbonyl (C=O) groups is 3. The summed E-state index contributed by atoms with van der Waals surface area (Å²) >= 11 is 0.